The van der Waals surface area contributed by atoms with Gasteiger partial charge in [-0.3, -0.25) is 0 Å². The molecule has 1 aliphatic carbocycles. The first-order chi connectivity index (χ1) is 8.17. The molecule has 1 saturated carbocycles. The van der Waals surface area contributed by atoms with Crippen LogP contribution < -0.4 is 10.1 Å². The predicted octanol–water partition coefficient (Wildman–Crippen LogP) is 1.77. The van der Waals surface area contributed by atoms with Gasteiger partial charge in [0.25, 0.3) is 0 Å². The van der Waals surface area contributed by atoms with Gasteiger partial charge in [0.05, 0.1) is 12.7 Å². The van der Waals surface area contributed by atoms with E-state index in [2.05, 4.69) is 15.3 Å². The molecule has 5 nitrogen and oxygen atoms in total. The Morgan fingerprint density at radius 2 is 2.12 bits per heavy atom. The van der Waals surface area contributed by atoms with Crippen molar-refractivity contribution in [3.63, 3.8) is 0 Å². The minimum absolute atomic E-state index is 0.00785. The van der Waals surface area contributed by atoms with Crippen LogP contribution in [0.5, 0.6) is 5.88 Å². The molecule has 0 radical (unpaired) electrons. The van der Waals surface area contributed by atoms with E-state index in [9.17, 15) is 0 Å². The maximum Gasteiger partial charge on any atom is 0.218 e. The molecule has 94 valence electrons. The highest BCUT2D eigenvalue weighted by molar-refractivity contribution is 5.38. The van der Waals surface area contributed by atoms with Gasteiger partial charge in [0, 0.05) is 19.7 Å². The van der Waals surface area contributed by atoms with Crippen molar-refractivity contribution in [1.82, 2.24) is 9.97 Å². The van der Waals surface area contributed by atoms with Gasteiger partial charge in [-0.05, 0) is 26.2 Å². The van der Waals surface area contributed by atoms with Crippen LogP contribution in [0.1, 0.15) is 25.1 Å². The zero-order chi connectivity index (χ0) is 12.3. The molecule has 0 saturated heterocycles. The summed E-state index contributed by atoms with van der Waals surface area (Å²) in [6, 6.07) is 1.80. The van der Waals surface area contributed by atoms with Gasteiger partial charge in [-0.1, -0.05) is 0 Å². The molecular formula is C12H19N3O2. The van der Waals surface area contributed by atoms with Crippen LogP contribution in [0.2, 0.25) is 0 Å². The summed E-state index contributed by atoms with van der Waals surface area (Å²) in [5, 5.41) is 3.30. The van der Waals surface area contributed by atoms with Crippen LogP contribution in [0.3, 0.4) is 0 Å². The maximum absolute atomic E-state index is 5.55. The fraction of sp³-hybridized carbons (Fsp3) is 0.667. The van der Waals surface area contributed by atoms with Crippen molar-refractivity contribution in [1.29, 1.82) is 0 Å². The first-order valence-electron chi connectivity index (χ1n) is 5.86. The molecule has 0 atom stereocenters. The highest BCUT2D eigenvalue weighted by Gasteiger charge is 2.36. The number of hydrogen-bond acceptors (Lipinski definition) is 5. The fourth-order valence-electron chi connectivity index (χ4n) is 2.01. The molecule has 1 aromatic heterocycles. The Kier molecular flexibility index (Phi) is 3.47. The molecule has 0 spiro atoms. The second-order valence-electron chi connectivity index (χ2n) is 4.44. The second-order valence-corrected chi connectivity index (χ2v) is 4.44. The molecule has 1 N–H and O–H groups in total. The van der Waals surface area contributed by atoms with Crippen molar-refractivity contribution >= 4 is 5.82 Å². The lowest BCUT2D eigenvalue weighted by atomic mass is 9.80. The van der Waals surface area contributed by atoms with Gasteiger partial charge < -0.3 is 14.8 Å². The Balaban J connectivity index is 2.01. The van der Waals surface area contributed by atoms with Gasteiger partial charge in [-0.2, -0.15) is 4.98 Å². The Hall–Kier alpha value is -1.36. The van der Waals surface area contributed by atoms with Gasteiger partial charge in [0.2, 0.25) is 5.88 Å². The van der Waals surface area contributed by atoms with Gasteiger partial charge in [0.15, 0.2) is 0 Å². The van der Waals surface area contributed by atoms with Gasteiger partial charge in [-0.15, -0.1) is 0 Å². The molecule has 1 aliphatic rings. The van der Waals surface area contributed by atoms with Crippen LogP contribution in [0.4, 0.5) is 5.82 Å². The number of anilines is 1. The molecular weight excluding hydrogens is 218 g/mol. The SMILES string of the molecule is COc1cc(NCC2(OC)CCC2)nc(C)n1. The standard InChI is InChI=1S/C12H19N3O2/c1-9-14-10(7-11(15-9)16-2)13-8-12(17-3)5-4-6-12/h7H,4-6,8H2,1-3H3,(H,13,14,15). The lowest BCUT2D eigenvalue weighted by Gasteiger charge is -2.40. The normalized spacial score (nSPS) is 17.4. The smallest absolute Gasteiger partial charge is 0.218 e. The quantitative estimate of drug-likeness (QED) is 0.846. The summed E-state index contributed by atoms with van der Waals surface area (Å²) in [4.78, 5) is 8.47. The molecule has 5 heteroatoms. The molecule has 0 aliphatic heterocycles. The number of rotatable bonds is 5. The average Bonchev–Trinajstić information content (AvgIpc) is 2.27. The third-order valence-electron chi connectivity index (χ3n) is 3.31. The minimum atomic E-state index is -0.00785. The number of nitrogens with zero attached hydrogens (tertiary/aromatic N) is 2. The van der Waals surface area contributed by atoms with Crippen LogP contribution in [0, 0.1) is 6.92 Å². The minimum Gasteiger partial charge on any atom is -0.481 e. The van der Waals surface area contributed by atoms with Crippen molar-refractivity contribution < 1.29 is 9.47 Å². The first kappa shape index (κ1) is 12.1. The maximum atomic E-state index is 5.55. The zero-order valence-corrected chi connectivity index (χ0v) is 10.6. The molecule has 0 aromatic carbocycles. The van der Waals surface area contributed by atoms with Crippen LogP contribution in [0.25, 0.3) is 0 Å². The van der Waals surface area contributed by atoms with Gasteiger partial charge in [0.1, 0.15) is 11.6 Å². The summed E-state index contributed by atoms with van der Waals surface area (Å²) in [6.45, 7) is 2.63. The molecule has 17 heavy (non-hydrogen) atoms. The van der Waals surface area contributed by atoms with Crippen LogP contribution >= 0.6 is 0 Å². The summed E-state index contributed by atoms with van der Waals surface area (Å²) in [5.41, 5.74) is -0.00785. The van der Waals surface area contributed by atoms with E-state index in [1.54, 1.807) is 20.3 Å². The average molecular weight is 237 g/mol. The largest absolute Gasteiger partial charge is 0.481 e. The van der Waals surface area contributed by atoms with Crippen molar-refractivity contribution in [2.75, 3.05) is 26.1 Å². The Morgan fingerprint density at radius 3 is 2.65 bits per heavy atom. The van der Waals surface area contributed by atoms with Crippen LogP contribution in [-0.4, -0.2) is 36.3 Å². The van der Waals surface area contributed by atoms with Crippen molar-refractivity contribution in [3.8, 4) is 5.88 Å². The molecule has 0 unspecified atom stereocenters. The topological polar surface area (TPSA) is 56.3 Å². The van der Waals surface area contributed by atoms with Crippen LogP contribution in [-0.2, 0) is 4.74 Å². The first-order valence-corrected chi connectivity index (χ1v) is 5.86. The number of nitrogens with one attached hydrogen (secondary N) is 1. The number of ether oxygens (including phenoxy) is 2. The van der Waals surface area contributed by atoms with E-state index in [1.165, 1.54) is 6.42 Å². The van der Waals surface area contributed by atoms with E-state index in [4.69, 9.17) is 9.47 Å². The lowest BCUT2D eigenvalue weighted by molar-refractivity contribution is -0.0601. The summed E-state index contributed by atoms with van der Waals surface area (Å²) < 4.78 is 10.7. The van der Waals surface area contributed by atoms with Crippen molar-refractivity contribution in [2.45, 2.75) is 31.8 Å². The van der Waals surface area contributed by atoms with Gasteiger partial charge >= 0.3 is 0 Å². The molecule has 0 bridgehead atoms. The summed E-state index contributed by atoms with van der Waals surface area (Å²) in [6.07, 6.45) is 3.46. The summed E-state index contributed by atoms with van der Waals surface area (Å²) in [5.74, 6) is 2.07. The molecule has 2 rings (SSSR count). The monoisotopic (exact) mass is 237 g/mol. The molecule has 1 aromatic rings. The Morgan fingerprint density at radius 1 is 1.35 bits per heavy atom. The highest BCUT2D eigenvalue weighted by atomic mass is 16.5. The second kappa shape index (κ2) is 4.87. The zero-order valence-electron chi connectivity index (χ0n) is 10.6. The summed E-state index contributed by atoms with van der Waals surface area (Å²) >= 11 is 0. The van der Waals surface area contributed by atoms with Gasteiger partial charge in [-0.25, -0.2) is 4.98 Å². The van der Waals surface area contributed by atoms with E-state index in [0.29, 0.717) is 11.7 Å². The Labute approximate surface area is 102 Å². The highest BCUT2D eigenvalue weighted by Crippen LogP contribution is 2.35. The number of hydrogen-bond donors (Lipinski definition) is 1. The van der Waals surface area contributed by atoms with E-state index < -0.39 is 0 Å². The predicted molar refractivity (Wildman–Crippen MR) is 65.4 cm³/mol. The third-order valence-corrected chi connectivity index (χ3v) is 3.31. The van der Waals surface area contributed by atoms with E-state index in [0.717, 1.165) is 25.2 Å². The lowest BCUT2D eigenvalue weighted by Crippen LogP contribution is -2.45. The van der Waals surface area contributed by atoms with Crippen molar-refractivity contribution in [2.24, 2.45) is 0 Å². The number of aromatic nitrogens is 2. The third kappa shape index (κ3) is 2.66. The fourth-order valence-corrected chi connectivity index (χ4v) is 2.01. The van der Waals surface area contributed by atoms with Crippen molar-refractivity contribution in [3.05, 3.63) is 11.9 Å². The van der Waals surface area contributed by atoms with E-state index in [1.807, 2.05) is 6.92 Å². The molecule has 0 amide bonds. The number of aryl methyl sites for hydroxylation is 1. The number of methoxy groups -OCH3 is 2. The van der Waals surface area contributed by atoms with E-state index >= 15 is 0 Å². The summed E-state index contributed by atoms with van der Waals surface area (Å²) in [7, 11) is 3.38. The molecule has 1 heterocycles. The van der Waals surface area contributed by atoms with E-state index in [-0.39, 0.29) is 5.60 Å². The Bertz CT molecular complexity index is 386. The van der Waals surface area contributed by atoms with Crippen LogP contribution in [0.15, 0.2) is 6.07 Å². The molecule has 1 fully saturated rings.